The van der Waals surface area contributed by atoms with Gasteiger partial charge in [0, 0.05) is 5.57 Å². The zero-order valence-electron chi connectivity index (χ0n) is 7.97. The van der Waals surface area contributed by atoms with E-state index in [0.717, 1.165) is 0 Å². The first-order valence-corrected chi connectivity index (χ1v) is 5.42. The van der Waals surface area contributed by atoms with Crippen molar-refractivity contribution in [3.63, 3.8) is 0 Å². The van der Waals surface area contributed by atoms with E-state index in [9.17, 15) is 9.36 Å². The zero-order chi connectivity index (χ0) is 11.4. The summed E-state index contributed by atoms with van der Waals surface area (Å²) in [5, 5.41) is 0. The Labute approximate surface area is 81.8 Å². The molecule has 0 saturated heterocycles. The van der Waals surface area contributed by atoms with E-state index in [1.54, 1.807) is 6.92 Å². The second-order valence-electron chi connectivity index (χ2n) is 2.53. The van der Waals surface area contributed by atoms with Crippen molar-refractivity contribution in [2.45, 2.75) is 26.6 Å². The van der Waals surface area contributed by atoms with Crippen LogP contribution in [0.5, 0.6) is 0 Å². The summed E-state index contributed by atoms with van der Waals surface area (Å²) < 4.78 is 18.9. The van der Waals surface area contributed by atoms with Crippen molar-refractivity contribution < 1.29 is 28.4 Å². The van der Waals surface area contributed by atoms with Gasteiger partial charge in [0.1, 0.15) is 0 Å². The number of rotatable bonds is 5. The summed E-state index contributed by atoms with van der Waals surface area (Å²) in [6.45, 7) is 6.31. The highest BCUT2D eigenvalue weighted by molar-refractivity contribution is 7.46. The molecule has 0 rings (SSSR count). The van der Waals surface area contributed by atoms with Crippen LogP contribution in [-0.2, 0) is 18.6 Å². The van der Waals surface area contributed by atoms with Crippen LogP contribution < -0.4 is 0 Å². The van der Waals surface area contributed by atoms with Crippen LogP contribution in [0.3, 0.4) is 0 Å². The third-order valence-corrected chi connectivity index (χ3v) is 1.85. The molecule has 0 aromatic carbocycles. The van der Waals surface area contributed by atoms with E-state index in [1.807, 2.05) is 0 Å². The lowest BCUT2D eigenvalue weighted by Crippen LogP contribution is -2.17. The topological polar surface area (TPSA) is 93.1 Å². The number of hydrogen-bond acceptors (Lipinski definition) is 4. The SMILES string of the molecule is C=C(CC)C(=O)OC(C)OP(=O)(O)O. The Morgan fingerprint density at radius 3 is 2.43 bits per heavy atom. The standard InChI is InChI=1S/C7H13O6P/c1-4-5(2)7(8)12-6(3)13-14(9,10)11/h6H,2,4H2,1,3H3,(H2,9,10,11). The normalized spacial score (nSPS) is 13.4. The molecule has 6 nitrogen and oxygen atoms in total. The van der Waals surface area contributed by atoms with Crippen molar-refractivity contribution in [1.29, 1.82) is 0 Å². The lowest BCUT2D eigenvalue weighted by molar-refractivity contribution is -0.157. The van der Waals surface area contributed by atoms with Gasteiger partial charge in [-0.1, -0.05) is 13.5 Å². The maximum Gasteiger partial charge on any atom is 0.472 e. The van der Waals surface area contributed by atoms with Gasteiger partial charge in [-0.2, -0.15) is 0 Å². The van der Waals surface area contributed by atoms with Crippen molar-refractivity contribution in [2.24, 2.45) is 0 Å². The molecular formula is C7H13O6P. The van der Waals surface area contributed by atoms with Crippen LogP contribution in [0.25, 0.3) is 0 Å². The fourth-order valence-electron chi connectivity index (χ4n) is 0.593. The second kappa shape index (κ2) is 5.26. The molecule has 1 atom stereocenters. The average Bonchev–Trinajstić information content (AvgIpc) is 1.99. The highest BCUT2D eigenvalue weighted by Crippen LogP contribution is 2.37. The molecule has 0 bridgehead atoms. The number of phosphoric ester groups is 1. The third kappa shape index (κ3) is 5.88. The van der Waals surface area contributed by atoms with Gasteiger partial charge in [-0.3, -0.25) is 0 Å². The lowest BCUT2D eigenvalue weighted by Gasteiger charge is -2.14. The van der Waals surface area contributed by atoms with Gasteiger partial charge in [0.25, 0.3) is 0 Å². The summed E-state index contributed by atoms with van der Waals surface area (Å²) >= 11 is 0. The average molecular weight is 224 g/mol. The first-order valence-electron chi connectivity index (χ1n) is 3.89. The number of ether oxygens (including phenoxy) is 1. The molecule has 0 aromatic rings. The molecule has 0 aliphatic rings. The molecule has 7 heteroatoms. The maximum absolute atomic E-state index is 11.0. The van der Waals surface area contributed by atoms with E-state index in [2.05, 4.69) is 15.8 Å². The van der Waals surface area contributed by atoms with Crippen LogP contribution >= 0.6 is 7.82 Å². The lowest BCUT2D eigenvalue weighted by atomic mass is 10.2. The second-order valence-corrected chi connectivity index (χ2v) is 3.72. The number of carbonyl (C=O) groups is 1. The van der Waals surface area contributed by atoms with E-state index in [0.29, 0.717) is 6.42 Å². The number of phosphoric acid groups is 1. The van der Waals surface area contributed by atoms with Gasteiger partial charge < -0.3 is 14.5 Å². The van der Waals surface area contributed by atoms with Gasteiger partial charge in [-0.25, -0.2) is 13.9 Å². The molecule has 14 heavy (non-hydrogen) atoms. The van der Waals surface area contributed by atoms with Crippen molar-refractivity contribution in [1.82, 2.24) is 0 Å². The summed E-state index contributed by atoms with van der Waals surface area (Å²) in [5.41, 5.74) is 0.214. The smallest absolute Gasteiger partial charge is 0.432 e. The first-order chi connectivity index (χ1) is 6.26. The fourth-order valence-corrected chi connectivity index (χ4v) is 1.02. The molecule has 0 amide bonds. The Balaban J connectivity index is 4.07. The Morgan fingerprint density at radius 1 is 1.57 bits per heavy atom. The number of esters is 1. The molecule has 0 radical (unpaired) electrons. The monoisotopic (exact) mass is 224 g/mol. The summed E-state index contributed by atoms with van der Waals surface area (Å²) in [6, 6.07) is 0. The van der Waals surface area contributed by atoms with Crippen LogP contribution in [0.4, 0.5) is 0 Å². The minimum absolute atomic E-state index is 0.214. The van der Waals surface area contributed by atoms with Gasteiger partial charge in [0.15, 0.2) is 0 Å². The van der Waals surface area contributed by atoms with Gasteiger partial charge in [-0.15, -0.1) is 0 Å². The van der Waals surface area contributed by atoms with E-state index >= 15 is 0 Å². The van der Waals surface area contributed by atoms with Gasteiger partial charge in [0.05, 0.1) is 0 Å². The van der Waals surface area contributed by atoms with Crippen LogP contribution in [-0.4, -0.2) is 22.0 Å². The van der Waals surface area contributed by atoms with E-state index in [-0.39, 0.29) is 5.57 Å². The predicted molar refractivity (Wildman–Crippen MR) is 48.1 cm³/mol. The Kier molecular flexibility index (Phi) is 5.01. The fraction of sp³-hybridized carbons (Fsp3) is 0.571. The van der Waals surface area contributed by atoms with Crippen LogP contribution in [0.15, 0.2) is 12.2 Å². The first kappa shape index (κ1) is 13.3. The molecule has 0 fully saturated rings. The van der Waals surface area contributed by atoms with Crippen molar-refractivity contribution in [2.75, 3.05) is 0 Å². The molecule has 0 aliphatic carbocycles. The van der Waals surface area contributed by atoms with Gasteiger partial charge in [0.2, 0.25) is 6.29 Å². The van der Waals surface area contributed by atoms with Crippen molar-refractivity contribution in [3.8, 4) is 0 Å². The zero-order valence-corrected chi connectivity index (χ0v) is 8.86. The molecule has 0 heterocycles. The summed E-state index contributed by atoms with van der Waals surface area (Å²) in [4.78, 5) is 27.8. The molecule has 0 aliphatic heterocycles. The molecule has 0 saturated carbocycles. The van der Waals surface area contributed by atoms with Crippen molar-refractivity contribution >= 4 is 13.8 Å². The summed E-state index contributed by atoms with van der Waals surface area (Å²) in [6.07, 6.45) is -0.895. The Morgan fingerprint density at radius 2 is 2.07 bits per heavy atom. The molecule has 82 valence electrons. The highest BCUT2D eigenvalue weighted by Gasteiger charge is 2.21. The molecule has 0 aromatic heterocycles. The third-order valence-electron chi connectivity index (χ3n) is 1.27. The van der Waals surface area contributed by atoms with E-state index in [1.165, 1.54) is 6.92 Å². The molecular weight excluding hydrogens is 211 g/mol. The van der Waals surface area contributed by atoms with Gasteiger partial charge >= 0.3 is 13.8 Å². The highest BCUT2D eigenvalue weighted by atomic mass is 31.2. The number of carbonyl (C=O) groups excluding carboxylic acids is 1. The number of hydrogen-bond donors (Lipinski definition) is 2. The largest absolute Gasteiger partial charge is 0.472 e. The Hall–Kier alpha value is -0.680. The minimum Gasteiger partial charge on any atom is -0.432 e. The van der Waals surface area contributed by atoms with Crippen LogP contribution in [0.2, 0.25) is 0 Å². The molecule has 2 N–H and O–H groups in total. The van der Waals surface area contributed by atoms with Crippen molar-refractivity contribution in [3.05, 3.63) is 12.2 Å². The van der Waals surface area contributed by atoms with Gasteiger partial charge in [-0.05, 0) is 13.3 Å². The predicted octanol–water partition coefficient (Wildman–Crippen LogP) is 0.951. The maximum atomic E-state index is 11.0. The molecule has 0 spiro atoms. The van der Waals surface area contributed by atoms with E-state index in [4.69, 9.17) is 9.79 Å². The summed E-state index contributed by atoms with van der Waals surface area (Å²) in [5.74, 6) is -0.728. The van der Waals surface area contributed by atoms with Crippen LogP contribution in [0, 0.1) is 0 Å². The van der Waals surface area contributed by atoms with Crippen LogP contribution in [0.1, 0.15) is 20.3 Å². The minimum atomic E-state index is -4.62. The summed E-state index contributed by atoms with van der Waals surface area (Å²) in [7, 11) is -4.62. The van der Waals surface area contributed by atoms with E-state index < -0.39 is 20.1 Å². The quantitative estimate of drug-likeness (QED) is 0.312. The molecule has 1 unspecified atom stereocenters. The Bertz CT molecular complexity index is 267.